The first-order valence-electron chi connectivity index (χ1n) is 12.7. The van der Waals surface area contributed by atoms with Gasteiger partial charge >= 0.3 is 0 Å². The third kappa shape index (κ3) is 2.89. The van der Waals surface area contributed by atoms with Crippen molar-refractivity contribution in [2.45, 2.75) is 0 Å². The molecule has 0 aliphatic carbocycles. The maximum absolute atomic E-state index is 14.9. The van der Waals surface area contributed by atoms with Gasteiger partial charge in [-0.25, -0.2) is 8.78 Å². The Hall–Kier alpha value is -4.82. The Balaban J connectivity index is 1.56. The standard InChI is InChI=1S/C36H20F2/c37-24-15-9-21(10-16-24)33-25-5-1-3-7-27(25)36(28-8-4-2-6-26(28)33)30-18-12-22-13-19-31-32(38)20-14-23-11-17-29(30)34(22)35(23)31/h1-20H. The summed E-state index contributed by atoms with van der Waals surface area (Å²) in [7, 11) is 0. The minimum Gasteiger partial charge on any atom is -0.207 e. The van der Waals surface area contributed by atoms with E-state index in [-0.39, 0.29) is 11.6 Å². The van der Waals surface area contributed by atoms with E-state index in [1.807, 2.05) is 30.3 Å². The molecule has 8 aromatic rings. The summed E-state index contributed by atoms with van der Waals surface area (Å²) in [5.74, 6) is -0.444. The van der Waals surface area contributed by atoms with Crippen molar-refractivity contribution < 1.29 is 8.78 Å². The zero-order valence-corrected chi connectivity index (χ0v) is 20.3. The van der Waals surface area contributed by atoms with Crippen LogP contribution in [0, 0.1) is 11.6 Å². The fourth-order valence-electron chi connectivity index (χ4n) is 6.33. The Kier molecular flexibility index (Phi) is 4.39. The lowest BCUT2D eigenvalue weighted by molar-refractivity contribution is 0.628. The molecule has 0 spiro atoms. The lowest BCUT2D eigenvalue weighted by Gasteiger charge is -2.20. The number of hydrogen-bond donors (Lipinski definition) is 0. The van der Waals surface area contributed by atoms with Crippen molar-refractivity contribution in [3.05, 3.63) is 133 Å². The summed E-state index contributed by atoms with van der Waals surface area (Å²) in [6, 6.07) is 39.6. The molecular weight excluding hydrogens is 470 g/mol. The van der Waals surface area contributed by atoms with Crippen LogP contribution in [0.2, 0.25) is 0 Å². The maximum Gasteiger partial charge on any atom is 0.131 e. The van der Waals surface area contributed by atoms with Gasteiger partial charge in [-0.05, 0) is 83.5 Å². The van der Waals surface area contributed by atoms with Crippen LogP contribution in [0.5, 0.6) is 0 Å². The average molecular weight is 491 g/mol. The third-order valence-corrected chi connectivity index (χ3v) is 7.95. The van der Waals surface area contributed by atoms with E-state index in [2.05, 4.69) is 72.8 Å². The topological polar surface area (TPSA) is 0 Å². The van der Waals surface area contributed by atoms with E-state index in [0.29, 0.717) is 5.39 Å². The highest BCUT2D eigenvalue weighted by molar-refractivity contribution is 6.29. The number of halogens is 2. The van der Waals surface area contributed by atoms with Crippen LogP contribution in [0.4, 0.5) is 8.78 Å². The van der Waals surface area contributed by atoms with Crippen molar-refractivity contribution in [1.29, 1.82) is 0 Å². The molecule has 8 aromatic carbocycles. The Bertz CT molecular complexity index is 2130. The van der Waals surface area contributed by atoms with Gasteiger partial charge in [-0.1, -0.05) is 103 Å². The van der Waals surface area contributed by atoms with Crippen LogP contribution in [-0.4, -0.2) is 0 Å². The number of rotatable bonds is 2. The van der Waals surface area contributed by atoms with Crippen LogP contribution >= 0.6 is 0 Å². The minimum atomic E-state index is -0.246. The second-order valence-electron chi connectivity index (χ2n) is 9.93. The van der Waals surface area contributed by atoms with Gasteiger partial charge in [0, 0.05) is 10.8 Å². The molecule has 0 N–H and O–H groups in total. The fraction of sp³-hybridized carbons (Fsp3) is 0. The quantitative estimate of drug-likeness (QED) is 0.167. The number of hydrogen-bond acceptors (Lipinski definition) is 0. The third-order valence-electron chi connectivity index (χ3n) is 7.95. The van der Waals surface area contributed by atoms with Gasteiger partial charge < -0.3 is 0 Å². The lowest BCUT2D eigenvalue weighted by atomic mass is 9.83. The second-order valence-corrected chi connectivity index (χ2v) is 9.93. The highest BCUT2D eigenvalue weighted by Gasteiger charge is 2.19. The predicted molar refractivity (Wildman–Crippen MR) is 156 cm³/mol. The van der Waals surface area contributed by atoms with Gasteiger partial charge in [0.15, 0.2) is 0 Å². The molecule has 0 aliphatic rings. The molecule has 0 aromatic heterocycles. The molecule has 0 saturated heterocycles. The summed E-state index contributed by atoms with van der Waals surface area (Å²) >= 11 is 0. The van der Waals surface area contributed by atoms with E-state index >= 15 is 0 Å². The Morgan fingerprint density at radius 1 is 0.368 bits per heavy atom. The minimum absolute atomic E-state index is 0.197. The zero-order chi connectivity index (χ0) is 25.4. The van der Waals surface area contributed by atoms with E-state index in [0.717, 1.165) is 70.7 Å². The van der Waals surface area contributed by atoms with Crippen molar-refractivity contribution in [3.63, 3.8) is 0 Å². The first-order valence-corrected chi connectivity index (χ1v) is 12.7. The summed E-state index contributed by atoms with van der Waals surface area (Å²) in [6.45, 7) is 0. The van der Waals surface area contributed by atoms with E-state index < -0.39 is 0 Å². The molecule has 0 fully saturated rings. The zero-order valence-electron chi connectivity index (χ0n) is 20.3. The summed E-state index contributed by atoms with van der Waals surface area (Å²) < 4.78 is 28.7. The van der Waals surface area contributed by atoms with Gasteiger partial charge in [0.2, 0.25) is 0 Å². The molecule has 0 radical (unpaired) electrons. The smallest absolute Gasteiger partial charge is 0.131 e. The molecule has 178 valence electrons. The summed E-state index contributed by atoms with van der Waals surface area (Å²) in [6.07, 6.45) is 0. The first kappa shape index (κ1) is 21.3. The molecule has 0 atom stereocenters. The molecule has 38 heavy (non-hydrogen) atoms. The monoisotopic (exact) mass is 490 g/mol. The molecule has 8 rings (SSSR count). The summed E-state index contributed by atoms with van der Waals surface area (Å²) in [5.41, 5.74) is 4.35. The molecule has 0 nitrogen and oxygen atoms in total. The van der Waals surface area contributed by atoms with Crippen molar-refractivity contribution in [1.82, 2.24) is 0 Å². The van der Waals surface area contributed by atoms with Gasteiger partial charge in [0.1, 0.15) is 11.6 Å². The van der Waals surface area contributed by atoms with Gasteiger partial charge in [0.05, 0.1) is 0 Å². The Labute approximate surface area is 217 Å². The number of benzene rings is 8. The Morgan fingerprint density at radius 3 is 1.50 bits per heavy atom. The Morgan fingerprint density at radius 2 is 0.868 bits per heavy atom. The maximum atomic E-state index is 14.9. The molecule has 0 aliphatic heterocycles. The molecule has 0 amide bonds. The normalized spacial score (nSPS) is 11.9. The van der Waals surface area contributed by atoms with Gasteiger partial charge in [-0.3, -0.25) is 0 Å². The average Bonchev–Trinajstić information content (AvgIpc) is 2.96. The van der Waals surface area contributed by atoms with Crippen LogP contribution in [0.25, 0.3) is 76.1 Å². The van der Waals surface area contributed by atoms with Crippen LogP contribution in [0.15, 0.2) is 121 Å². The lowest BCUT2D eigenvalue weighted by Crippen LogP contribution is -1.93. The van der Waals surface area contributed by atoms with Crippen LogP contribution in [0.1, 0.15) is 0 Å². The van der Waals surface area contributed by atoms with E-state index in [1.165, 1.54) is 12.1 Å². The number of fused-ring (bicyclic) bond motifs is 2. The highest BCUT2D eigenvalue weighted by atomic mass is 19.1. The molecule has 0 saturated carbocycles. The van der Waals surface area contributed by atoms with Gasteiger partial charge in [-0.15, -0.1) is 0 Å². The summed E-state index contributed by atoms with van der Waals surface area (Å²) in [5, 5.41) is 10.5. The molecule has 0 unspecified atom stereocenters. The van der Waals surface area contributed by atoms with Crippen LogP contribution < -0.4 is 0 Å². The molecular formula is C36H20F2. The SMILES string of the molecule is Fc1ccc(-c2c3ccccc3c(-c3ccc4ccc5c(F)ccc6ccc3c4c65)c3ccccc23)cc1. The van der Waals surface area contributed by atoms with E-state index in [1.54, 1.807) is 6.07 Å². The van der Waals surface area contributed by atoms with Gasteiger partial charge in [-0.2, -0.15) is 0 Å². The van der Waals surface area contributed by atoms with Crippen molar-refractivity contribution in [3.8, 4) is 22.3 Å². The van der Waals surface area contributed by atoms with Crippen LogP contribution in [0.3, 0.4) is 0 Å². The largest absolute Gasteiger partial charge is 0.207 e. The predicted octanol–water partition coefficient (Wildman–Crippen LogP) is 10.5. The van der Waals surface area contributed by atoms with E-state index in [9.17, 15) is 8.78 Å². The van der Waals surface area contributed by atoms with Crippen molar-refractivity contribution in [2.24, 2.45) is 0 Å². The van der Waals surface area contributed by atoms with E-state index in [4.69, 9.17) is 0 Å². The highest BCUT2D eigenvalue weighted by Crippen LogP contribution is 2.47. The molecule has 0 heterocycles. The van der Waals surface area contributed by atoms with Gasteiger partial charge in [0.25, 0.3) is 0 Å². The summed E-state index contributed by atoms with van der Waals surface area (Å²) in [4.78, 5) is 0. The first-order chi connectivity index (χ1) is 18.7. The molecule has 2 heteroatoms. The fourth-order valence-corrected chi connectivity index (χ4v) is 6.33. The van der Waals surface area contributed by atoms with Crippen molar-refractivity contribution in [2.75, 3.05) is 0 Å². The second kappa shape index (κ2) is 7.84. The molecule has 0 bridgehead atoms. The van der Waals surface area contributed by atoms with Crippen LogP contribution in [-0.2, 0) is 0 Å². The van der Waals surface area contributed by atoms with Crippen molar-refractivity contribution >= 4 is 53.9 Å².